The minimum atomic E-state index is -0.792. The van der Waals surface area contributed by atoms with Crippen LogP contribution in [0.4, 0.5) is 0 Å². The molecule has 2 aliphatic rings. The van der Waals surface area contributed by atoms with Gasteiger partial charge in [0.05, 0.1) is 17.6 Å². The quantitative estimate of drug-likeness (QED) is 0.660. The van der Waals surface area contributed by atoms with Gasteiger partial charge in [-0.1, -0.05) is 12.8 Å². The molecule has 1 aliphatic carbocycles. The Morgan fingerprint density at radius 1 is 1.42 bits per heavy atom. The number of carboxylic acid groups (broad SMARTS) is 1. The number of aliphatic carboxylic acids is 1. The summed E-state index contributed by atoms with van der Waals surface area (Å²) in [5.41, 5.74) is -0.755. The molecule has 0 aromatic rings. The van der Waals surface area contributed by atoms with Crippen molar-refractivity contribution in [2.45, 2.75) is 44.2 Å². The van der Waals surface area contributed by atoms with Gasteiger partial charge in [0.15, 0.2) is 0 Å². The van der Waals surface area contributed by atoms with Crippen molar-refractivity contribution in [1.29, 1.82) is 0 Å². The summed E-state index contributed by atoms with van der Waals surface area (Å²) in [7, 11) is 1.63. The molecule has 0 bridgehead atoms. The third-order valence-electron chi connectivity index (χ3n) is 4.36. The van der Waals surface area contributed by atoms with Crippen molar-refractivity contribution in [3.8, 4) is 0 Å². The summed E-state index contributed by atoms with van der Waals surface area (Å²) in [6.07, 6.45) is 3.87. The number of nitrogens with one attached hydrogen (secondary N) is 2. The van der Waals surface area contributed by atoms with Gasteiger partial charge in [0, 0.05) is 20.2 Å². The number of carboxylic acids is 1. The molecule has 1 saturated heterocycles. The van der Waals surface area contributed by atoms with E-state index in [0.717, 1.165) is 12.8 Å². The molecule has 108 valence electrons. The molecule has 1 saturated carbocycles. The lowest BCUT2D eigenvalue weighted by Crippen LogP contribution is -2.47. The first-order valence-electron chi connectivity index (χ1n) is 6.85. The van der Waals surface area contributed by atoms with Gasteiger partial charge in [-0.3, -0.25) is 9.59 Å². The summed E-state index contributed by atoms with van der Waals surface area (Å²) in [5.74, 6) is -0.911. The fourth-order valence-electron chi connectivity index (χ4n) is 2.98. The van der Waals surface area contributed by atoms with Crippen LogP contribution in [-0.2, 0) is 14.3 Å². The lowest BCUT2D eigenvalue weighted by atomic mass is 9.86. The zero-order chi connectivity index (χ0) is 13.9. The van der Waals surface area contributed by atoms with Crippen molar-refractivity contribution in [3.05, 3.63) is 0 Å². The maximum atomic E-state index is 12.0. The van der Waals surface area contributed by atoms with Gasteiger partial charge in [-0.05, 0) is 19.3 Å². The van der Waals surface area contributed by atoms with Gasteiger partial charge in [0.2, 0.25) is 5.91 Å². The predicted molar refractivity (Wildman–Crippen MR) is 68.8 cm³/mol. The molecule has 3 N–H and O–H groups in total. The Morgan fingerprint density at radius 3 is 2.63 bits per heavy atom. The average Bonchev–Trinajstić information content (AvgIpc) is 3.05. The van der Waals surface area contributed by atoms with Crippen LogP contribution >= 0.6 is 0 Å². The van der Waals surface area contributed by atoms with Gasteiger partial charge >= 0.3 is 5.97 Å². The van der Waals surface area contributed by atoms with Crippen LogP contribution in [0.3, 0.4) is 0 Å². The van der Waals surface area contributed by atoms with E-state index in [4.69, 9.17) is 4.74 Å². The van der Waals surface area contributed by atoms with Crippen LogP contribution in [0.5, 0.6) is 0 Å². The Balaban J connectivity index is 1.84. The second-order valence-corrected chi connectivity index (χ2v) is 5.56. The van der Waals surface area contributed by atoms with Crippen molar-refractivity contribution in [2.24, 2.45) is 5.41 Å². The fraction of sp³-hybridized carbons (Fsp3) is 0.846. The fourth-order valence-corrected chi connectivity index (χ4v) is 2.98. The molecular formula is C13H22N2O4. The number of carbonyl (C=O) groups excluding carboxylic acids is 1. The maximum Gasteiger partial charge on any atom is 0.311 e. The number of hydrogen-bond donors (Lipinski definition) is 3. The summed E-state index contributed by atoms with van der Waals surface area (Å²) >= 11 is 0. The largest absolute Gasteiger partial charge is 0.481 e. The number of rotatable bonds is 5. The van der Waals surface area contributed by atoms with Crippen LogP contribution in [0.1, 0.15) is 32.1 Å². The smallest absolute Gasteiger partial charge is 0.311 e. The molecule has 0 spiro atoms. The summed E-state index contributed by atoms with van der Waals surface area (Å²) in [4.78, 5) is 23.4. The van der Waals surface area contributed by atoms with Gasteiger partial charge in [0.25, 0.3) is 0 Å². The SMILES string of the molecule is COC1CNC(C(=O)NCC2(C(=O)O)CCCC2)C1. The second kappa shape index (κ2) is 5.88. The van der Waals surface area contributed by atoms with E-state index in [-0.39, 0.29) is 24.6 Å². The van der Waals surface area contributed by atoms with Crippen molar-refractivity contribution >= 4 is 11.9 Å². The number of hydrogen-bond acceptors (Lipinski definition) is 4. The van der Waals surface area contributed by atoms with Crippen molar-refractivity contribution in [3.63, 3.8) is 0 Å². The molecule has 6 nitrogen and oxygen atoms in total. The molecule has 0 aromatic heterocycles. The molecule has 6 heteroatoms. The Morgan fingerprint density at radius 2 is 2.11 bits per heavy atom. The molecule has 1 heterocycles. The Labute approximate surface area is 112 Å². The Hall–Kier alpha value is -1.14. The normalized spacial score (nSPS) is 29.3. The summed E-state index contributed by atoms with van der Waals surface area (Å²) < 4.78 is 5.19. The van der Waals surface area contributed by atoms with E-state index < -0.39 is 11.4 Å². The molecule has 19 heavy (non-hydrogen) atoms. The minimum absolute atomic E-state index is 0.0654. The highest BCUT2D eigenvalue weighted by molar-refractivity contribution is 5.83. The highest BCUT2D eigenvalue weighted by Crippen LogP contribution is 2.37. The van der Waals surface area contributed by atoms with Crippen LogP contribution in [0.25, 0.3) is 0 Å². The van der Waals surface area contributed by atoms with E-state index in [0.29, 0.717) is 25.8 Å². The topological polar surface area (TPSA) is 87.7 Å². The summed E-state index contributed by atoms with van der Waals surface area (Å²) in [6, 6.07) is -0.266. The third-order valence-corrected chi connectivity index (χ3v) is 4.36. The summed E-state index contributed by atoms with van der Waals surface area (Å²) in [6.45, 7) is 0.898. The summed E-state index contributed by atoms with van der Waals surface area (Å²) in [5, 5.41) is 15.2. The van der Waals surface area contributed by atoms with E-state index in [1.165, 1.54) is 0 Å². The van der Waals surface area contributed by atoms with Gasteiger partial charge in [-0.25, -0.2) is 0 Å². The molecule has 1 aliphatic heterocycles. The van der Waals surface area contributed by atoms with Crippen LogP contribution in [0.15, 0.2) is 0 Å². The van der Waals surface area contributed by atoms with E-state index in [1.807, 2.05) is 0 Å². The first-order valence-corrected chi connectivity index (χ1v) is 6.85. The lowest BCUT2D eigenvalue weighted by molar-refractivity contribution is -0.148. The maximum absolute atomic E-state index is 12.0. The van der Waals surface area contributed by atoms with E-state index in [1.54, 1.807) is 7.11 Å². The standard InChI is InChI=1S/C13H22N2O4/c1-19-9-6-10(14-7-9)11(16)15-8-13(12(17)18)4-2-3-5-13/h9-10,14H,2-8H2,1H3,(H,15,16)(H,17,18). The van der Waals surface area contributed by atoms with E-state index in [2.05, 4.69) is 10.6 Å². The van der Waals surface area contributed by atoms with Gasteiger partial charge in [-0.15, -0.1) is 0 Å². The highest BCUT2D eigenvalue weighted by atomic mass is 16.5. The van der Waals surface area contributed by atoms with E-state index >= 15 is 0 Å². The molecular weight excluding hydrogens is 248 g/mol. The van der Waals surface area contributed by atoms with Crippen LogP contribution in [-0.4, -0.2) is 49.3 Å². The van der Waals surface area contributed by atoms with Gasteiger partial charge in [0.1, 0.15) is 0 Å². The van der Waals surface area contributed by atoms with E-state index in [9.17, 15) is 14.7 Å². The van der Waals surface area contributed by atoms with Crippen LogP contribution in [0.2, 0.25) is 0 Å². The zero-order valence-electron chi connectivity index (χ0n) is 11.3. The minimum Gasteiger partial charge on any atom is -0.481 e. The zero-order valence-corrected chi connectivity index (χ0v) is 11.3. The second-order valence-electron chi connectivity index (χ2n) is 5.56. The first-order chi connectivity index (χ1) is 9.07. The van der Waals surface area contributed by atoms with Crippen molar-refractivity contribution in [2.75, 3.05) is 20.2 Å². The van der Waals surface area contributed by atoms with Gasteiger partial charge < -0.3 is 20.5 Å². The highest BCUT2D eigenvalue weighted by Gasteiger charge is 2.42. The van der Waals surface area contributed by atoms with Crippen LogP contribution < -0.4 is 10.6 Å². The monoisotopic (exact) mass is 270 g/mol. The number of amides is 1. The van der Waals surface area contributed by atoms with Gasteiger partial charge in [-0.2, -0.15) is 0 Å². The third kappa shape index (κ3) is 3.06. The predicted octanol–water partition coefficient (Wildman–Crippen LogP) is 0.125. The Bertz CT molecular complexity index is 353. The molecule has 2 rings (SSSR count). The van der Waals surface area contributed by atoms with Crippen molar-refractivity contribution in [1.82, 2.24) is 10.6 Å². The molecule has 1 amide bonds. The Kier molecular flexibility index (Phi) is 4.42. The number of carbonyl (C=O) groups is 2. The average molecular weight is 270 g/mol. The number of ether oxygens (including phenoxy) is 1. The van der Waals surface area contributed by atoms with Crippen LogP contribution in [0, 0.1) is 5.41 Å². The molecule has 2 fully saturated rings. The van der Waals surface area contributed by atoms with Crippen molar-refractivity contribution < 1.29 is 19.4 Å². The number of methoxy groups -OCH3 is 1. The molecule has 0 aromatic carbocycles. The molecule has 2 atom stereocenters. The molecule has 2 unspecified atom stereocenters. The first kappa shape index (κ1) is 14.3. The molecule has 0 radical (unpaired) electrons. The lowest BCUT2D eigenvalue weighted by Gasteiger charge is -2.24.